The van der Waals surface area contributed by atoms with Crippen molar-refractivity contribution in [2.75, 3.05) is 32.7 Å². The number of amides is 1. The summed E-state index contributed by atoms with van der Waals surface area (Å²) in [5.74, 6) is -0.126. The minimum Gasteiger partial charge on any atom is -0.373 e. The lowest BCUT2D eigenvalue weighted by atomic mass is 10.2. The van der Waals surface area contributed by atoms with Gasteiger partial charge >= 0.3 is 0 Å². The second-order valence-electron chi connectivity index (χ2n) is 5.77. The van der Waals surface area contributed by atoms with E-state index >= 15 is 0 Å². The Bertz CT molecular complexity index is 457. The van der Waals surface area contributed by atoms with Crippen molar-refractivity contribution in [1.29, 1.82) is 0 Å². The first-order chi connectivity index (χ1) is 9.25. The van der Waals surface area contributed by atoms with E-state index in [1.807, 2.05) is 13.8 Å². The minimum absolute atomic E-state index is 0.00868. The number of ether oxygens (including phenoxy) is 1. The van der Waals surface area contributed by atoms with E-state index in [9.17, 15) is 13.2 Å². The summed E-state index contributed by atoms with van der Waals surface area (Å²) in [4.78, 5) is 15.6. The molecule has 2 aliphatic heterocycles. The molecule has 0 aromatic heterocycles. The van der Waals surface area contributed by atoms with Crippen LogP contribution in [0.15, 0.2) is 0 Å². The summed E-state index contributed by atoms with van der Waals surface area (Å²) < 4.78 is 28.2. The molecule has 0 saturated carbocycles. The molecule has 2 N–H and O–H groups in total. The second-order valence-corrected chi connectivity index (χ2v) is 7.62. The molecule has 3 atom stereocenters. The molecule has 2 heterocycles. The summed E-state index contributed by atoms with van der Waals surface area (Å²) in [6, 6.07) is 0. The Labute approximate surface area is 120 Å². The molecule has 2 aliphatic rings. The van der Waals surface area contributed by atoms with Crippen molar-refractivity contribution in [3.05, 3.63) is 0 Å². The summed E-state index contributed by atoms with van der Waals surface area (Å²) in [5, 5.41) is 4.35. The van der Waals surface area contributed by atoms with Crippen molar-refractivity contribution >= 4 is 15.9 Å². The third-order valence-corrected chi connectivity index (χ3v) is 5.07. The molecule has 2 fully saturated rings. The molecule has 0 bridgehead atoms. The van der Waals surface area contributed by atoms with Crippen molar-refractivity contribution in [2.45, 2.75) is 37.7 Å². The molecule has 0 radical (unpaired) electrons. The number of carbonyl (C=O) groups excluding carboxylic acids is 1. The fourth-order valence-electron chi connectivity index (χ4n) is 2.90. The van der Waals surface area contributed by atoms with E-state index in [-0.39, 0.29) is 31.1 Å². The Morgan fingerprint density at radius 1 is 1.20 bits per heavy atom. The molecule has 2 rings (SSSR count). The molecule has 1 amide bonds. The molecule has 20 heavy (non-hydrogen) atoms. The Hall–Kier alpha value is -0.700. The van der Waals surface area contributed by atoms with Crippen LogP contribution in [-0.4, -0.2) is 74.3 Å². The van der Waals surface area contributed by atoms with E-state index < -0.39 is 15.3 Å². The summed E-state index contributed by atoms with van der Waals surface area (Å²) in [6.45, 7) is 7.23. The van der Waals surface area contributed by atoms with E-state index in [0.29, 0.717) is 6.54 Å². The van der Waals surface area contributed by atoms with Gasteiger partial charge in [0.15, 0.2) is 0 Å². The standard InChI is InChI=1S/C12H23N3O4S/c1-9-6-14(7-10(2)19-9)3-4-15-8-11(5-12(15)16)20(13,17)18/h9-11H,3-8H2,1-2H3,(H2,13,17,18)/t9-,10+,11?. The highest BCUT2D eigenvalue weighted by atomic mass is 32.2. The second kappa shape index (κ2) is 5.97. The van der Waals surface area contributed by atoms with Crippen LogP contribution in [-0.2, 0) is 19.6 Å². The molecule has 1 unspecified atom stereocenters. The summed E-state index contributed by atoms with van der Waals surface area (Å²) in [5.41, 5.74) is 0. The van der Waals surface area contributed by atoms with Gasteiger partial charge in [-0.25, -0.2) is 13.6 Å². The topological polar surface area (TPSA) is 92.9 Å². The lowest BCUT2D eigenvalue weighted by Crippen LogP contribution is -2.48. The van der Waals surface area contributed by atoms with Gasteiger partial charge in [-0.1, -0.05) is 0 Å². The van der Waals surface area contributed by atoms with E-state index in [1.165, 1.54) is 0 Å². The van der Waals surface area contributed by atoms with Gasteiger partial charge in [0, 0.05) is 39.1 Å². The van der Waals surface area contributed by atoms with Crippen molar-refractivity contribution < 1.29 is 17.9 Å². The van der Waals surface area contributed by atoms with Gasteiger partial charge in [-0.2, -0.15) is 0 Å². The molecule has 0 aromatic carbocycles. The fourth-order valence-corrected chi connectivity index (χ4v) is 3.66. The van der Waals surface area contributed by atoms with Gasteiger partial charge in [0.05, 0.1) is 12.2 Å². The molecule has 8 heteroatoms. The van der Waals surface area contributed by atoms with Gasteiger partial charge in [0.2, 0.25) is 15.9 Å². The van der Waals surface area contributed by atoms with E-state index in [0.717, 1.165) is 19.6 Å². The number of rotatable bonds is 4. The van der Waals surface area contributed by atoms with E-state index in [4.69, 9.17) is 9.88 Å². The van der Waals surface area contributed by atoms with Crippen molar-refractivity contribution in [1.82, 2.24) is 9.80 Å². The number of hydrogen-bond acceptors (Lipinski definition) is 5. The van der Waals surface area contributed by atoms with Crippen LogP contribution in [0.1, 0.15) is 20.3 Å². The van der Waals surface area contributed by atoms with Crippen LogP contribution in [0.2, 0.25) is 0 Å². The minimum atomic E-state index is -3.63. The van der Waals surface area contributed by atoms with Crippen LogP contribution >= 0.6 is 0 Å². The molecular formula is C12H23N3O4S. The molecule has 2 saturated heterocycles. The number of morpholine rings is 1. The SMILES string of the molecule is C[C@@H]1CN(CCN2CC(S(N)(=O)=O)CC2=O)C[C@H](C)O1. The van der Waals surface area contributed by atoms with E-state index in [1.54, 1.807) is 4.90 Å². The summed E-state index contributed by atoms with van der Waals surface area (Å²) in [7, 11) is -3.63. The highest BCUT2D eigenvalue weighted by Gasteiger charge is 2.36. The Morgan fingerprint density at radius 2 is 1.80 bits per heavy atom. The van der Waals surface area contributed by atoms with Gasteiger partial charge in [0.25, 0.3) is 0 Å². The van der Waals surface area contributed by atoms with Crippen molar-refractivity contribution in [3.8, 4) is 0 Å². The molecule has 0 spiro atoms. The molecule has 0 aromatic rings. The number of sulfonamides is 1. The predicted molar refractivity (Wildman–Crippen MR) is 74.5 cm³/mol. The highest BCUT2D eigenvalue weighted by molar-refractivity contribution is 7.89. The average Bonchev–Trinajstić information content (AvgIpc) is 2.66. The van der Waals surface area contributed by atoms with Crippen LogP contribution in [0.4, 0.5) is 0 Å². The third kappa shape index (κ3) is 3.91. The normalized spacial score (nSPS) is 32.9. The maximum absolute atomic E-state index is 11.8. The fraction of sp³-hybridized carbons (Fsp3) is 0.917. The van der Waals surface area contributed by atoms with Crippen LogP contribution in [0.5, 0.6) is 0 Å². The quantitative estimate of drug-likeness (QED) is 0.718. The number of hydrogen-bond donors (Lipinski definition) is 1. The van der Waals surface area contributed by atoms with Crippen molar-refractivity contribution in [2.24, 2.45) is 5.14 Å². The zero-order chi connectivity index (χ0) is 14.9. The molecular weight excluding hydrogens is 282 g/mol. The smallest absolute Gasteiger partial charge is 0.224 e. The average molecular weight is 305 g/mol. The molecule has 7 nitrogen and oxygen atoms in total. The third-order valence-electron chi connectivity index (χ3n) is 3.83. The first kappa shape index (κ1) is 15.7. The molecule has 116 valence electrons. The predicted octanol–water partition coefficient (Wildman–Crippen LogP) is -1.01. The monoisotopic (exact) mass is 305 g/mol. The maximum Gasteiger partial charge on any atom is 0.224 e. The van der Waals surface area contributed by atoms with Crippen LogP contribution in [0.3, 0.4) is 0 Å². The number of likely N-dealkylation sites (tertiary alicyclic amines) is 1. The Morgan fingerprint density at radius 3 is 2.30 bits per heavy atom. The lowest BCUT2D eigenvalue weighted by Gasteiger charge is -2.36. The van der Waals surface area contributed by atoms with Gasteiger partial charge < -0.3 is 9.64 Å². The lowest BCUT2D eigenvalue weighted by molar-refractivity contribution is -0.128. The summed E-state index contributed by atoms with van der Waals surface area (Å²) >= 11 is 0. The first-order valence-electron chi connectivity index (χ1n) is 6.93. The van der Waals surface area contributed by atoms with E-state index in [2.05, 4.69) is 4.90 Å². The van der Waals surface area contributed by atoms with Crippen molar-refractivity contribution in [3.63, 3.8) is 0 Å². The van der Waals surface area contributed by atoms with Crippen LogP contribution in [0.25, 0.3) is 0 Å². The number of primary sulfonamides is 1. The highest BCUT2D eigenvalue weighted by Crippen LogP contribution is 2.17. The number of nitrogens with zero attached hydrogens (tertiary/aromatic N) is 2. The van der Waals surface area contributed by atoms with Gasteiger partial charge in [0.1, 0.15) is 5.25 Å². The Balaban J connectivity index is 1.84. The maximum atomic E-state index is 11.8. The number of nitrogens with two attached hydrogens (primary N) is 1. The molecule has 0 aliphatic carbocycles. The summed E-state index contributed by atoms with van der Waals surface area (Å²) in [6.07, 6.45) is 0.379. The van der Waals surface area contributed by atoms with Gasteiger partial charge in [-0.05, 0) is 13.8 Å². The van der Waals surface area contributed by atoms with Crippen LogP contribution < -0.4 is 5.14 Å². The van der Waals surface area contributed by atoms with Gasteiger partial charge in [-0.3, -0.25) is 9.69 Å². The van der Waals surface area contributed by atoms with Gasteiger partial charge in [-0.15, -0.1) is 0 Å². The van der Waals surface area contributed by atoms with Crippen LogP contribution in [0, 0.1) is 0 Å². The Kier molecular flexibility index (Phi) is 4.68. The largest absolute Gasteiger partial charge is 0.373 e. The number of carbonyl (C=O) groups is 1. The first-order valence-corrected chi connectivity index (χ1v) is 8.54. The zero-order valence-corrected chi connectivity index (χ0v) is 12.8. The zero-order valence-electron chi connectivity index (χ0n) is 12.0.